The van der Waals surface area contributed by atoms with Gasteiger partial charge in [0, 0.05) is 17.0 Å². The largest absolute Gasteiger partial charge is 0.493 e. The van der Waals surface area contributed by atoms with E-state index in [4.69, 9.17) is 21.7 Å². The summed E-state index contributed by atoms with van der Waals surface area (Å²) in [6.45, 7) is 0.756. The molecule has 0 saturated carbocycles. The van der Waals surface area contributed by atoms with E-state index in [1.165, 1.54) is 4.88 Å². The first kappa shape index (κ1) is 13.2. The van der Waals surface area contributed by atoms with Crippen LogP contribution in [0.1, 0.15) is 4.88 Å². The average Bonchev–Trinajstić information content (AvgIpc) is 3.06. The van der Waals surface area contributed by atoms with Crippen molar-refractivity contribution in [2.45, 2.75) is 6.54 Å². The predicted molar refractivity (Wildman–Crippen MR) is 83.6 cm³/mol. The maximum atomic E-state index is 5.42. The molecule has 3 rings (SSSR count). The lowest BCUT2D eigenvalue weighted by Gasteiger charge is -2.08. The van der Waals surface area contributed by atoms with Crippen LogP contribution in [0.2, 0.25) is 0 Å². The normalized spacial score (nSPS) is 10.9. The van der Waals surface area contributed by atoms with Gasteiger partial charge in [-0.25, -0.2) is 0 Å². The summed E-state index contributed by atoms with van der Waals surface area (Å²) in [4.78, 5) is 4.47. The molecule has 0 fully saturated rings. The standard InChI is InChI=1S/C14H14N2O2S2/c1-17-12-6-10-11(7-13(12)18-2)16(14(19)15-10)8-9-4-3-5-20-9/h3-7H,8H2,1-2H3,(H,15,19). The minimum Gasteiger partial charge on any atom is -0.493 e. The molecule has 2 heterocycles. The van der Waals surface area contributed by atoms with Crippen LogP contribution in [-0.2, 0) is 6.54 Å². The molecule has 0 amide bonds. The van der Waals surface area contributed by atoms with Gasteiger partial charge in [0.1, 0.15) is 0 Å². The third kappa shape index (κ3) is 2.21. The second-order valence-electron chi connectivity index (χ2n) is 4.32. The van der Waals surface area contributed by atoms with E-state index in [2.05, 4.69) is 21.0 Å². The highest BCUT2D eigenvalue weighted by Crippen LogP contribution is 2.32. The number of aromatic nitrogens is 2. The number of fused-ring (bicyclic) bond motifs is 1. The van der Waals surface area contributed by atoms with Crippen LogP contribution in [-0.4, -0.2) is 23.8 Å². The summed E-state index contributed by atoms with van der Waals surface area (Å²) in [5.41, 5.74) is 1.96. The van der Waals surface area contributed by atoms with E-state index >= 15 is 0 Å². The van der Waals surface area contributed by atoms with Crippen LogP contribution in [0.4, 0.5) is 0 Å². The Hall–Kier alpha value is -1.79. The Morgan fingerprint density at radius 3 is 2.65 bits per heavy atom. The molecule has 6 heteroatoms. The number of aromatic amines is 1. The third-order valence-corrected chi connectivity index (χ3v) is 4.36. The van der Waals surface area contributed by atoms with Crippen LogP contribution in [0.25, 0.3) is 11.0 Å². The number of ether oxygens (including phenoxy) is 2. The molecule has 20 heavy (non-hydrogen) atoms. The number of nitrogens with zero attached hydrogens (tertiary/aromatic N) is 1. The molecular weight excluding hydrogens is 292 g/mol. The highest BCUT2D eigenvalue weighted by Gasteiger charge is 2.11. The van der Waals surface area contributed by atoms with Gasteiger partial charge in [-0.05, 0) is 23.7 Å². The minimum absolute atomic E-state index is 0.694. The maximum absolute atomic E-state index is 5.42. The van der Waals surface area contributed by atoms with Crippen molar-refractivity contribution in [2.24, 2.45) is 0 Å². The van der Waals surface area contributed by atoms with Gasteiger partial charge in [0.2, 0.25) is 0 Å². The van der Waals surface area contributed by atoms with Gasteiger partial charge < -0.3 is 19.0 Å². The van der Waals surface area contributed by atoms with Gasteiger partial charge in [0.25, 0.3) is 0 Å². The average molecular weight is 306 g/mol. The second-order valence-corrected chi connectivity index (χ2v) is 5.74. The van der Waals surface area contributed by atoms with E-state index in [9.17, 15) is 0 Å². The van der Waals surface area contributed by atoms with E-state index in [1.807, 2.05) is 18.2 Å². The molecule has 0 spiro atoms. The van der Waals surface area contributed by atoms with Crippen molar-refractivity contribution in [1.82, 2.24) is 9.55 Å². The van der Waals surface area contributed by atoms with E-state index in [0.29, 0.717) is 16.3 Å². The van der Waals surface area contributed by atoms with Crippen molar-refractivity contribution < 1.29 is 9.47 Å². The number of methoxy groups -OCH3 is 2. The molecular formula is C14H14N2O2S2. The number of benzene rings is 1. The monoisotopic (exact) mass is 306 g/mol. The number of thiophene rings is 1. The molecule has 3 aromatic rings. The summed E-state index contributed by atoms with van der Waals surface area (Å²) in [5, 5.41) is 2.07. The molecule has 0 unspecified atom stereocenters. The van der Waals surface area contributed by atoms with Crippen molar-refractivity contribution >= 4 is 34.6 Å². The Labute approximate surface area is 125 Å². The lowest BCUT2D eigenvalue weighted by molar-refractivity contribution is 0.355. The van der Waals surface area contributed by atoms with Crippen molar-refractivity contribution in [3.05, 3.63) is 39.3 Å². The van der Waals surface area contributed by atoms with E-state index < -0.39 is 0 Å². The third-order valence-electron chi connectivity index (χ3n) is 3.17. The molecule has 0 aliphatic carbocycles. The van der Waals surface area contributed by atoms with Crippen LogP contribution in [0.3, 0.4) is 0 Å². The fourth-order valence-electron chi connectivity index (χ4n) is 2.20. The minimum atomic E-state index is 0.694. The van der Waals surface area contributed by atoms with Gasteiger partial charge in [-0.2, -0.15) is 0 Å². The Kier molecular flexibility index (Phi) is 3.50. The summed E-state index contributed by atoms with van der Waals surface area (Å²) in [6.07, 6.45) is 0. The highest BCUT2D eigenvalue weighted by atomic mass is 32.1. The molecule has 104 valence electrons. The van der Waals surface area contributed by atoms with E-state index in [1.54, 1.807) is 25.6 Å². The first-order valence-electron chi connectivity index (χ1n) is 6.10. The Morgan fingerprint density at radius 1 is 1.25 bits per heavy atom. The zero-order chi connectivity index (χ0) is 14.1. The fourth-order valence-corrected chi connectivity index (χ4v) is 3.16. The van der Waals surface area contributed by atoms with Crippen LogP contribution in [0.15, 0.2) is 29.6 Å². The van der Waals surface area contributed by atoms with Crippen molar-refractivity contribution in [2.75, 3.05) is 14.2 Å². The number of hydrogen-bond donors (Lipinski definition) is 1. The molecule has 0 atom stereocenters. The molecule has 1 N–H and O–H groups in total. The second kappa shape index (κ2) is 5.30. The van der Waals surface area contributed by atoms with Gasteiger partial charge in [0.15, 0.2) is 16.3 Å². The van der Waals surface area contributed by atoms with E-state index in [-0.39, 0.29) is 0 Å². The summed E-state index contributed by atoms with van der Waals surface area (Å²) < 4.78 is 13.4. The Balaban J connectivity index is 2.16. The topological polar surface area (TPSA) is 39.2 Å². The number of H-pyrrole nitrogens is 1. The van der Waals surface area contributed by atoms with Crippen molar-refractivity contribution in [1.29, 1.82) is 0 Å². The van der Waals surface area contributed by atoms with Gasteiger partial charge in [-0.15, -0.1) is 11.3 Å². The molecule has 0 radical (unpaired) electrons. The quantitative estimate of drug-likeness (QED) is 0.745. The van der Waals surface area contributed by atoms with Gasteiger partial charge in [-0.1, -0.05) is 6.07 Å². The Bertz CT molecular complexity index is 787. The molecule has 2 aromatic heterocycles. The van der Waals surface area contributed by atoms with Gasteiger partial charge in [-0.3, -0.25) is 0 Å². The first-order valence-corrected chi connectivity index (χ1v) is 7.38. The van der Waals surface area contributed by atoms with Crippen LogP contribution in [0.5, 0.6) is 11.5 Å². The van der Waals surface area contributed by atoms with Crippen LogP contribution in [0, 0.1) is 4.77 Å². The molecule has 4 nitrogen and oxygen atoms in total. The molecule has 1 aromatic carbocycles. The summed E-state index contributed by atoms with van der Waals surface area (Å²) in [5.74, 6) is 1.40. The Morgan fingerprint density at radius 2 is 2.00 bits per heavy atom. The number of imidazole rings is 1. The first-order chi connectivity index (χ1) is 9.72. The maximum Gasteiger partial charge on any atom is 0.178 e. The summed E-state index contributed by atoms with van der Waals surface area (Å²) in [6, 6.07) is 8.01. The van der Waals surface area contributed by atoms with Crippen molar-refractivity contribution in [3.8, 4) is 11.5 Å². The highest BCUT2D eigenvalue weighted by molar-refractivity contribution is 7.71. The van der Waals surface area contributed by atoms with Crippen LogP contribution >= 0.6 is 23.6 Å². The zero-order valence-electron chi connectivity index (χ0n) is 11.2. The summed E-state index contributed by atoms with van der Waals surface area (Å²) >= 11 is 7.13. The lowest BCUT2D eigenvalue weighted by Crippen LogP contribution is -1.98. The predicted octanol–water partition coefficient (Wildman–Crippen LogP) is 3.83. The molecule has 0 aliphatic rings. The number of rotatable bonds is 4. The SMILES string of the molecule is COc1cc2[nH]c(=S)n(Cc3cccs3)c2cc1OC. The molecule has 0 bridgehead atoms. The zero-order valence-corrected chi connectivity index (χ0v) is 12.8. The van der Waals surface area contributed by atoms with E-state index in [0.717, 1.165) is 17.6 Å². The van der Waals surface area contributed by atoms with Crippen molar-refractivity contribution in [3.63, 3.8) is 0 Å². The van der Waals surface area contributed by atoms with Gasteiger partial charge in [0.05, 0.1) is 31.8 Å². The lowest BCUT2D eigenvalue weighted by atomic mass is 10.2. The molecule has 0 aliphatic heterocycles. The van der Waals surface area contributed by atoms with Crippen LogP contribution < -0.4 is 9.47 Å². The number of hydrogen-bond acceptors (Lipinski definition) is 4. The number of nitrogens with one attached hydrogen (secondary N) is 1. The van der Waals surface area contributed by atoms with Gasteiger partial charge >= 0.3 is 0 Å². The molecule has 0 saturated heterocycles. The smallest absolute Gasteiger partial charge is 0.178 e. The summed E-state index contributed by atoms with van der Waals surface area (Å²) in [7, 11) is 3.26. The fraction of sp³-hybridized carbons (Fsp3) is 0.214.